The first-order valence-electron chi connectivity index (χ1n) is 7.31. The fourth-order valence-corrected chi connectivity index (χ4v) is 2.27. The van der Waals surface area contributed by atoms with Gasteiger partial charge in [-0.25, -0.2) is 4.79 Å². The number of rotatable bonds is 5. The van der Waals surface area contributed by atoms with E-state index in [4.69, 9.17) is 4.74 Å². The molecule has 2 aromatic carbocycles. The summed E-state index contributed by atoms with van der Waals surface area (Å²) >= 11 is 0. The predicted octanol–water partition coefficient (Wildman–Crippen LogP) is 1.58. The van der Waals surface area contributed by atoms with Crippen molar-refractivity contribution in [1.82, 2.24) is 10.6 Å². The van der Waals surface area contributed by atoms with Gasteiger partial charge in [-0.1, -0.05) is 30.3 Å². The lowest BCUT2D eigenvalue weighted by molar-refractivity contribution is -0.120. The Morgan fingerprint density at radius 2 is 1.75 bits per heavy atom. The minimum atomic E-state index is -0.705. The third kappa shape index (κ3) is 3.70. The summed E-state index contributed by atoms with van der Waals surface area (Å²) in [5, 5.41) is 7.38. The molecule has 0 saturated carbocycles. The van der Waals surface area contributed by atoms with Crippen molar-refractivity contribution in [1.29, 1.82) is 0 Å². The Hall–Kier alpha value is -3.35. The number of carbonyl (C=O) groups is 3. The first-order valence-corrected chi connectivity index (χ1v) is 7.31. The number of carbonyl (C=O) groups excluding carboxylic acids is 3. The Balaban J connectivity index is 1.55. The second kappa shape index (κ2) is 6.82. The number of para-hydroxylation sites is 1. The monoisotopic (exact) mass is 325 g/mol. The summed E-state index contributed by atoms with van der Waals surface area (Å²) in [6.07, 6.45) is 0. The zero-order chi connectivity index (χ0) is 16.9. The molecule has 1 aliphatic rings. The largest absolute Gasteiger partial charge is 0.484 e. The van der Waals surface area contributed by atoms with Gasteiger partial charge in [0.25, 0.3) is 11.8 Å². The molecule has 24 heavy (non-hydrogen) atoms. The number of hydrogen-bond donors (Lipinski definition) is 3. The highest BCUT2D eigenvalue weighted by Crippen LogP contribution is 2.19. The molecular formula is C17H15N3O4. The fourth-order valence-electron chi connectivity index (χ4n) is 2.27. The molecule has 1 heterocycles. The van der Waals surface area contributed by atoms with Crippen LogP contribution in [0.5, 0.6) is 5.75 Å². The van der Waals surface area contributed by atoms with Crippen LogP contribution < -0.4 is 20.7 Å². The fraction of sp³-hybridized carbons (Fsp3) is 0.118. The van der Waals surface area contributed by atoms with E-state index in [-0.39, 0.29) is 12.5 Å². The number of urea groups is 1. The Morgan fingerprint density at radius 1 is 1.04 bits per heavy atom. The molecule has 122 valence electrons. The van der Waals surface area contributed by atoms with Gasteiger partial charge in [0.1, 0.15) is 11.8 Å². The summed E-state index contributed by atoms with van der Waals surface area (Å²) in [6.45, 7) is -0.104. The summed E-state index contributed by atoms with van der Waals surface area (Å²) in [7, 11) is 0. The highest BCUT2D eigenvalue weighted by molar-refractivity contribution is 6.04. The van der Waals surface area contributed by atoms with Gasteiger partial charge in [0, 0.05) is 5.69 Å². The molecule has 0 spiro atoms. The Labute approximate surface area is 138 Å². The first kappa shape index (κ1) is 15.5. The van der Waals surface area contributed by atoms with Crippen LogP contribution in [0.3, 0.4) is 0 Å². The van der Waals surface area contributed by atoms with E-state index in [1.165, 1.54) is 0 Å². The molecule has 7 heteroatoms. The van der Waals surface area contributed by atoms with Crippen molar-refractivity contribution in [2.45, 2.75) is 6.04 Å². The van der Waals surface area contributed by atoms with Crippen molar-refractivity contribution in [2.24, 2.45) is 0 Å². The van der Waals surface area contributed by atoms with Crippen LogP contribution in [0.1, 0.15) is 11.6 Å². The lowest BCUT2D eigenvalue weighted by Crippen LogP contribution is -2.22. The number of benzene rings is 2. The molecule has 1 aliphatic heterocycles. The maximum Gasteiger partial charge on any atom is 0.322 e. The van der Waals surface area contributed by atoms with E-state index in [2.05, 4.69) is 16.0 Å². The quantitative estimate of drug-likeness (QED) is 0.727. The number of imide groups is 1. The summed E-state index contributed by atoms with van der Waals surface area (Å²) in [5.74, 6) is -0.0717. The molecular weight excluding hydrogens is 310 g/mol. The lowest BCUT2D eigenvalue weighted by Gasteiger charge is -2.10. The highest BCUT2D eigenvalue weighted by Gasteiger charge is 2.30. The SMILES string of the molecule is O=C(COc1ccccc1)Nc1ccc(C2NC(=O)NC2=O)cc1. The lowest BCUT2D eigenvalue weighted by atomic mass is 10.1. The highest BCUT2D eigenvalue weighted by atomic mass is 16.5. The maximum atomic E-state index is 11.9. The number of hydrogen-bond acceptors (Lipinski definition) is 4. The van der Waals surface area contributed by atoms with Crippen LogP contribution in [0.15, 0.2) is 54.6 Å². The third-order valence-corrected chi connectivity index (χ3v) is 3.42. The van der Waals surface area contributed by atoms with E-state index in [9.17, 15) is 14.4 Å². The Morgan fingerprint density at radius 3 is 2.38 bits per heavy atom. The number of anilines is 1. The van der Waals surface area contributed by atoms with E-state index < -0.39 is 18.0 Å². The Bertz CT molecular complexity index is 759. The van der Waals surface area contributed by atoms with E-state index >= 15 is 0 Å². The summed E-state index contributed by atoms with van der Waals surface area (Å²) in [4.78, 5) is 34.6. The molecule has 3 rings (SSSR count). The van der Waals surface area contributed by atoms with Crippen LogP contribution in [-0.4, -0.2) is 24.5 Å². The van der Waals surface area contributed by atoms with E-state index in [0.717, 1.165) is 0 Å². The van der Waals surface area contributed by atoms with Crippen LogP contribution >= 0.6 is 0 Å². The van der Waals surface area contributed by atoms with Crippen molar-refractivity contribution in [2.75, 3.05) is 11.9 Å². The summed E-state index contributed by atoms with van der Waals surface area (Å²) in [5.41, 5.74) is 1.21. The molecule has 1 saturated heterocycles. The molecule has 0 bridgehead atoms. The van der Waals surface area contributed by atoms with E-state index in [0.29, 0.717) is 17.0 Å². The molecule has 1 fully saturated rings. The van der Waals surface area contributed by atoms with Gasteiger partial charge in [0.05, 0.1) is 0 Å². The van der Waals surface area contributed by atoms with Crippen molar-refractivity contribution >= 4 is 23.5 Å². The minimum Gasteiger partial charge on any atom is -0.484 e. The molecule has 1 unspecified atom stereocenters. The van der Waals surface area contributed by atoms with E-state index in [1.807, 2.05) is 18.2 Å². The van der Waals surface area contributed by atoms with Crippen LogP contribution in [0.25, 0.3) is 0 Å². The van der Waals surface area contributed by atoms with Crippen molar-refractivity contribution < 1.29 is 19.1 Å². The molecule has 4 amide bonds. The Kier molecular flexibility index (Phi) is 4.42. The number of nitrogens with one attached hydrogen (secondary N) is 3. The van der Waals surface area contributed by atoms with Crippen molar-refractivity contribution in [3.05, 3.63) is 60.2 Å². The zero-order valence-corrected chi connectivity index (χ0v) is 12.6. The molecule has 2 aromatic rings. The minimum absolute atomic E-state index is 0.104. The molecule has 0 aromatic heterocycles. The third-order valence-electron chi connectivity index (χ3n) is 3.42. The van der Waals surface area contributed by atoms with Gasteiger partial charge >= 0.3 is 6.03 Å². The van der Waals surface area contributed by atoms with Crippen molar-refractivity contribution in [3.63, 3.8) is 0 Å². The first-order chi connectivity index (χ1) is 11.6. The topological polar surface area (TPSA) is 96.5 Å². The van der Waals surface area contributed by atoms with Gasteiger partial charge in [-0.2, -0.15) is 0 Å². The van der Waals surface area contributed by atoms with E-state index in [1.54, 1.807) is 36.4 Å². The van der Waals surface area contributed by atoms with Crippen LogP contribution in [0, 0.1) is 0 Å². The normalized spacial score (nSPS) is 16.2. The van der Waals surface area contributed by atoms with Crippen molar-refractivity contribution in [3.8, 4) is 5.75 Å². The van der Waals surface area contributed by atoms with Gasteiger partial charge in [-0.05, 0) is 29.8 Å². The van der Waals surface area contributed by atoms with Gasteiger partial charge in [-0.15, -0.1) is 0 Å². The standard InChI is InChI=1S/C17H15N3O4/c21-14(10-24-13-4-2-1-3-5-13)18-12-8-6-11(7-9-12)15-16(22)20-17(23)19-15/h1-9,15H,10H2,(H,18,21)(H2,19,20,22,23). The number of amides is 4. The zero-order valence-electron chi connectivity index (χ0n) is 12.6. The molecule has 3 N–H and O–H groups in total. The molecule has 1 atom stereocenters. The average molecular weight is 325 g/mol. The van der Waals surface area contributed by atoms with Gasteiger partial charge in [0.15, 0.2) is 6.61 Å². The summed E-state index contributed by atoms with van der Waals surface area (Å²) < 4.78 is 5.36. The average Bonchev–Trinajstić information content (AvgIpc) is 2.93. The molecule has 0 aliphatic carbocycles. The van der Waals surface area contributed by atoms with Gasteiger partial charge in [-0.3, -0.25) is 14.9 Å². The van der Waals surface area contributed by atoms with Gasteiger partial charge < -0.3 is 15.4 Å². The second-order valence-corrected chi connectivity index (χ2v) is 5.17. The van der Waals surface area contributed by atoms with Crippen LogP contribution in [-0.2, 0) is 9.59 Å². The number of ether oxygens (including phenoxy) is 1. The summed E-state index contributed by atoms with van der Waals surface area (Å²) in [6, 6.07) is 14.5. The molecule has 7 nitrogen and oxygen atoms in total. The predicted molar refractivity (Wildman–Crippen MR) is 86.4 cm³/mol. The maximum absolute atomic E-state index is 11.9. The van der Waals surface area contributed by atoms with Crippen LogP contribution in [0.4, 0.5) is 10.5 Å². The second-order valence-electron chi connectivity index (χ2n) is 5.17. The van der Waals surface area contributed by atoms with Crippen LogP contribution in [0.2, 0.25) is 0 Å². The molecule has 0 radical (unpaired) electrons. The van der Waals surface area contributed by atoms with Gasteiger partial charge in [0.2, 0.25) is 0 Å². The smallest absolute Gasteiger partial charge is 0.322 e.